The Balaban J connectivity index is 2.02. The predicted octanol–water partition coefficient (Wildman–Crippen LogP) is 1.61. The summed E-state index contributed by atoms with van der Waals surface area (Å²) in [6.07, 6.45) is 3.47. The molecule has 1 aliphatic carbocycles. The van der Waals surface area contributed by atoms with Gasteiger partial charge in [-0.3, -0.25) is 4.79 Å². The molecule has 1 aliphatic rings. The largest absolute Gasteiger partial charge is 0.373 e. The van der Waals surface area contributed by atoms with Crippen LogP contribution in [0.25, 0.3) is 0 Å². The fourth-order valence-electron chi connectivity index (χ4n) is 2.67. The molecular weight excluding hydrogens is 335 g/mol. The third kappa shape index (κ3) is 4.52. The monoisotopic (exact) mass is 358 g/mol. The molecule has 0 saturated heterocycles. The minimum absolute atomic E-state index is 0.0650. The number of nitrogens with two attached hydrogens (primary N) is 1. The molecule has 3 N–H and O–H groups in total. The molecule has 2 rings (SSSR count). The number of carbonyl (C=O) groups excluding carboxylic acids is 1. The lowest BCUT2D eigenvalue weighted by Crippen LogP contribution is -2.50. The average Bonchev–Trinajstić information content (AvgIpc) is 3.01. The molecule has 0 aliphatic heterocycles. The number of hydrogen-bond donors (Lipinski definition) is 2. The molecule has 1 saturated carbocycles. The molecule has 2 atom stereocenters. The molecule has 6 nitrogen and oxygen atoms in total. The van der Waals surface area contributed by atoms with Gasteiger partial charge in [0.15, 0.2) is 0 Å². The number of nitrogens with one attached hydrogen (secondary N) is 1. The van der Waals surface area contributed by atoms with E-state index in [1.807, 2.05) is 4.72 Å². The second-order valence-electron chi connectivity index (χ2n) is 6.15. The van der Waals surface area contributed by atoms with Crippen LogP contribution in [0.3, 0.4) is 0 Å². The molecule has 0 bridgehead atoms. The van der Waals surface area contributed by atoms with Crippen molar-refractivity contribution in [2.24, 2.45) is 5.73 Å². The molecule has 1 amide bonds. The molecule has 1 aromatic carbocycles. The van der Waals surface area contributed by atoms with Gasteiger partial charge >= 0.3 is 0 Å². The Morgan fingerprint density at radius 3 is 2.58 bits per heavy atom. The Kier molecular flexibility index (Phi) is 5.95. The topological polar surface area (TPSA) is 98.5 Å². The zero-order valence-corrected chi connectivity index (χ0v) is 14.6. The van der Waals surface area contributed by atoms with E-state index in [9.17, 15) is 17.6 Å². The van der Waals surface area contributed by atoms with Gasteiger partial charge in [0, 0.05) is 0 Å². The van der Waals surface area contributed by atoms with E-state index in [2.05, 4.69) is 0 Å². The molecule has 0 spiro atoms. The number of rotatable bonds is 6. The van der Waals surface area contributed by atoms with E-state index in [1.54, 1.807) is 6.92 Å². The first-order valence-electron chi connectivity index (χ1n) is 7.94. The van der Waals surface area contributed by atoms with Gasteiger partial charge in [0.2, 0.25) is 0 Å². The maximum Gasteiger partial charge on any atom is 0.264 e. The van der Waals surface area contributed by atoms with Crippen molar-refractivity contribution in [2.45, 2.75) is 62.7 Å². The molecule has 24 heavy (non-hydrogen) atoms. The molecule has 1 fully saturated rings. The van der Waals surface area contributed by atoms with Crippen LogP contribution in [-0.2, 0) is 19.6 Å². The van der Waals surface area contributed by atoms with Gasteiger partial charge in [-0.05, 0) is 50.5 Å². The van der Waals surface area contributed by atoms with Crippen LogP contribution < -0.4 is 10.5 Å². The van der Waals surface area contributed by atoms with Crippen molar-refractivity contribution in [3.63, 3.8) is 0 Å². The summed E-state index contributed by atoms with van der Waals surface area (Å²) in [5, 5.41) is 0. The van der Waals surface area contributed by atoms with Gasteiger partial charge in [-0.15, -0.1) is 0 Å². The van der Waals surface area contributed by atoms with E-state index in [-0.39, 0.29) is 16.6 Å². The zero-order valence-electron chi connectivity index (χ0n) is 13.8. The quantitative estimate of drug-likeness (QED) is 0.805. The lowest BCUT2D eigenvalue weighted by Gasteiger charge is -2.23. The molecule has 134 valence electrons. The number of sulfonamides is 1. The molecule has 0 aromatic heterocycles. The maximum atomic E-state index is 13.3. The fourth-order valence-corrected chi connectivity index (χ4v) is 3.77. The van der Waals surface area contributed by atoms with Gasteiger partial charge in [0.25, 0.3) is 15.9 Å². The minimum Gasteiger partial charge on any atom is -0.373 e. The Hall–Kier alpha value is -1.51. The summed E-state index contributed by atoms with van der Waals surface area (Å²) in [7, 11) is -4.11. The fraction of sp³-hybridized carbons (Fsp3) is 0.562. The number of carbonyl (C=O) groups is 1. The van der Waals surface area contributed by atoms with Crippen LogP contribution in [0.5, 0.6) is 0 Å². The first kappa shape index (κ1) is 18.8. The van der Waals surface area contributed by atoms with Crippen LogP contribution >= 0.6 is 0 Å². The van der Waals surface area contributed by atoms with Crippen molar-refractivity contribution in [2.75, 3.05) is 0 Å². The van der Waals surface area contributed by atoms with Crippen molar-refractivity contribution in [3.8, 4) is 0 Å². The first-order chi connectivity index (χ1) is 11.2. The van der Waals surface area contributed by atoms with Crippen molar-refractivity contribution >= 4 is 15.9 Å². The third-order valence-corrected chi connectivity index (χ3v) is 5.54. The Morgan fingerprint density at radius 1 is 1.38 bits per heavy atom. The third-order valence-electron chi connectivity index (χ3n) is 4.19. The minimum atomic E-state index is -4.11. The summed E-state index contributed by atoms with van der Waals surface area (Å²) in [4.78, 5) is 11.9. The van der Waals surface area contributed by atoms with E-state index in [4.69, 9.17) is 10.5 Å². The number of benzene rings is 1. The highest BCUT2D eigenvalue weighted by Gasteiger charge is 2.29. The van der Waals surface area contributed by atoms with Crippen molar-refractivity contribution in [1.82, 2.24) is 4.72 Å². The highest BCUT2D eigenvalue weighted by Crippen LogP contribution is 2.22. The zero-order chi connectivity index (χ0) is 17.9. The van der Waals surface area contributed by atoms with Gasteiger partial charge in [-0.2, -0.15) is 0 Å². The van der Waals surface area contributed by atoms with Crippen LogP contribution in [0.1, 0.15) is 38.2 Å². The van der Waals surface area contributed by atoms with E-state index in [0.717, 1.165) is 43.9 Å². The maximum absolute atomic E-state index is 13.3. The van der Waals surface area contributed by atoms with Crippen LogP contribution in [0.4, 0.5) is 4.39 Å². The first-order valence-corrected chi connectivity index (χ1v) is 9.43. The van der Waals surface area contributed by atoms with E-state index >= 15 is 0 Å². The Morgan fingerprint density at radius 2 is 2.00 bits per heavy atom. The summed E-state index contributed by atoms with van der Waals surface area (Å²) < 4.78 is 45.4. The second-order valence-corrected chi connectivity index (χ2v) is 7.84. The molecular formula is C16H23FN2O4S. The Bertz CT molecular complexity index is 702. The normalized spacial score (nSPS) is 18.3. The summed E-state index contributed by atoms with van der Waals surface area (Å²) in [6, 6.07) is 2.19. The van der Waals surface area contributed by atoms with Gasteiger partial charge < -0.3 is 10.5 Å². The second kappa shape index (κ2) is 7.58. The number of halogens is 1. The lowest BCUT2D eigenvalue weighted by molar-refractivity contribution is -0.125. The van der Waals surface area contributed by atoms with Crippen LogP contribution in [-0.4, -0.2) is 32.6 Å². The van der Waals surface area contributed by atoms with Crippen molar-refractivity contribution < 1.29 is 22.3 Å². The summed E-state index contributed by atoms with van der Waals surface area (Å²) in [6.45, 7) is 3.09. The molecule has 1 aromatic rings. The average molecular weight is 358 g/mol. The summed E-state index contributed by atoms with van der Waals surface area (Å²) >= 11 is 0. The molecule has 0 unspecified atom stereocenters. The van der Waals surface area contributed by atoms with Crippen LogP contribution in [0.15, 0.2) is 23.1 Å². The predicted molar refractivity (Wildman–Crippen MR) is 87.2 cm³/mol. The van der Waals surface area contributed by atoms with Crippen molar-refractivity contribution in [3.05, 3.63) is 29.6 Å². The Labute approximate surface area is 141 Å². The number of amides is 1. The highest BCUT2D eigenvalue weighted by atomic mass is 32.2. The van der Waals surface area contributed by atoms with Gasteiger partial charge in [0.05, 0.1) is 17.1 Å². The summed E-state index contributed by atoms with van der Waals surface area (Å²) in [5.41, 5.74) is 5.99. The van der Waals surface area contributed by atoms with Gasteiger partial charge in [-0.25, -0.2) is 17.5 Å². The molecule has 0 heterocycles. The highest BCUT2D eigenvalue weighted by molar-refractivity contribution is 7.90. The molecule has 8 heteroatoms. The number of ether oxygens (including phenoxy) is 1. The number of hydrogen-bond acceptors (Lipinski definition) is 5. The number of aryl methyl sites for hydroxylation is 1. The lowest BCUT2D eigenvalue weighted by atomic mass is 10.2. The molecule has 0 radical (unpaired) electrons. The van der Waals surface area contributed by atoms with Gasteiger partial charge in [-0.1, -0.05) is 12.8 Å². The van der Waals surface area contributed by atoms with E-state index < -0.39 is 33.9 Å². The van der Waals surface area contributed by atoms with E-state index in [0.29, 0.717) is 0 Å². The van der Waals surface area contributed by atoms with Crippen molar-refractivity contribution in [1.29, 1.82) is 0 Å². The summed E-state index contributed by atoms with van der Waals surface area (Å²) in [5.74, 6) is -1.36. The van der Waals surface area contributed by atoms with Crippen LogP contribution in [0, 0.1) is 12.7 Å². The van der Waals surface area contributed by atoms with Gasteiger partial charge in [0.1, 0.15) is 11.9 Å². The standard InChI is InChI=1S/C16H23FN2O4S/c1-10-9-13(7-8-14(10)17)24(21,22)19-16(20)15(18)11(2)23-12-5-3-4-6-12/h7-9,11-12,15H,3-6,18H2,1-2H3,(H,19,20)/t11-,15-/m1/s1. The SMILES string of the molecule is Cc1cc(S(=O)(=O)NC(=O)[C@H](N)[C@@H](C)OC2CCCC2)ccc1F. The van der Waals surface area contributed by atoms with E-state index in [1.165, 1.54) is 6.92 Å². The van der Waals surface area contributed by atoms with Crippen LogP contribution in [0.2, 0.25) is 0 Å². The smallest absolute Gasteiger partial charge is 0.264 e.